The summed E-state index contributed by atoms with van der Waals surface area (Å²) >= 11 is 0. The summed E-state index contributed by atoms with van der Waals surface area (Å²) in [5.74, 6) is 0. The van der Waals surface area contributed by atoms with Crippen LogP contribution in [0.1, 0.15) is 0 Å². The number of hydrogen-bond acceptors (Lipinski definition) is 6. The monoisotopic (exact) mass is 318 g/mol. The molecular formula is C18H6O6. The van der Waals surface area contributed by atoms with Gasteiger partial charge in [0.1, 0.15) is 0 Å². The molecule has 0 aliphatic heterocycles. The summed E-state index contributed by atoms with van der Waals surface area (Å²) in [5, 5.41) is 3.34. The maximum atomic E-state index is 11.9. The molecular weight excluding hydrogens is 312 g/mol. The summed E-state index contributed by atoms with van der Waals surface area (Å²) in [6, 6.07) is 9.80. The van der Waals surface area contributed by atoms with Crippen LogP contribution in [-0.2, 0) is 0 Å². The van der Waals surface area contributed by atoms with Crippen molar-refractivity contribution in [3.63, 3.8) is 0 Å². The molecule has 0 saturated heterocycles. The van der Waals surface area contributed by atoms with Crippen molar-refractivity contribution in [2.75, 3.05) is 0 Å². The second-order valence-corrected chi connectivity index (χ2v) is 5.62. The van der Waals surface area contributed by atoms with Crippen molar-refractivity contribution in [1.29, 1.82) is 0 Å². The Labute approximate surface area is 130 Å². The second kappa shape index (κ2) is 4.05. The van der Waals surface area contributed by atoms with Gasteiger partial charge in [-0.05, 0) is 45.8 Å². The molecule has 0 unspecified atom stereocenters. The molecule has 0 saturated carbocycles. The lowest BCUT2D eigenvalue weighted by Gasteiger charge is -2.03. The first-order valence-corrected chi connectivity index (χ1v) is 7.11. The topological polar surface area (TPSA) is 94.6 Å². The molecule has 3 aromatic carbocycles. The zero-order valence-corrected chi connectivity index (χ0v) is 11.9. The number of hydrogen-bond donors (Lipinski definition) is 0. The lowest BCUT2D eigenvalue weighted by atomic mass is 9.98. The number of rotatable bonds is 0. The summed E-state index contributed by atoms with van der Waals surface area (Å²) in [6.07, 6.45) is 0. The summed E-state index contributed by atoms with van der Waals surface area (Å²) in [5.41, 5.74) is -2.70. The van der Waals surface area contributed by atoms with Crippen LogP contribution in [0.2, 0.25) is 0 Å². The van der Waals surface area contributed by atoms with E-state index in [1.165, 1.54) is 12.1 Å². The minimum atomic E-state index is -0.685. The molecule has 0 atom stereocenters. The Bertz CT molecular complexity index is 1410. The van der Waals surface area contributed by atoms with E-state index in [-0.39, 0.29) is 21.5 Å². The minimum Gasteiger partial charge on any atom is -0.386 e. The number of furan rings is 2. The van der Waals surface area contributed by atoms with E-state index < -0.39 is 22.5 Å². The third-order valence-corrected chi connectivity index (χ3v) is 4.38. The van der Waals surface area contributed by atoms with Crippen LogP contribution in [0, 0.1) is 0 Å². The summed E-state index contributed by atoms with van der Waals surface area (Å²) in [4.78, 5) is 47.2. The van der Waals surface area contributed by atoms with Crippen LogP contribution >= 0.6 is 0 Å². The van der Waals surface area contributed by atoms with Crippen LogP contribution in [0.3, 0.4) is 0 Å². The molecule has 0 fully saturated rings. The van der Waals surface area contributed by atoms with Gasteiger partial charge in [0.05, 0.1) is 21.5 Å². The van der Waals surface area contributed by atoms with E-state index in [1.807, 2.05) is 0 Å². The molecule has 0 spiro atoms. The van der Waals surface area contributed by atoms with Crippen molar-refractivity contribution < 1.29 is 8.83 Å². The van der Waals surface area contributed by atoms with Gasteiger partial charge in [0, 0.05) is 0 Å². The highest BCUT2D eigenvalue weighted by Crippen LogP contribution is 2.29. The fourth-order valence-corrected chi connectivity index (χ4v) is 3.31. The van der Waals surface area contributed by atoms with Crippen LogP contribution in [0.5, 0.6) is 0 Å². The van der Waals surface area contributed by atoms with Gasteiger partial charge in [-0.3, -0.25) is 0 Å². The normalized spacial score (nSPS) is 12.0. The zero-order chi connectivity index (χ0) is 16.6. The first kappa shape index (κ1) is 13.0. The highest BCUT2D eigenvalue weighted by atomic mass is 16.4. The molecule has 0 radical (unpaired) electrons. The van der Waals surface area contributed by atoms with Crippen molar-refractivity contribution in [3.8, 4) is 0 Å². The predicted molar refractivity (Wildman–Crippen MR) is 88.5 cm³/mol. The van der Waals surface area contributed by atoms with Crippen LogP contribution < -0.4 is 22.5 Å². The van der Waals surface area contributed by atoms with Gasteiger partial charge in [0.2, 0.25) is 0 Å². The molecule has 5 aromatic rings. The van der Waals surface area contributed by atoms with E-state index in [0.717, 1.165) is 0 Å². The largest absolute Gasteiger partial charge is 0.386 e. The summed E-state index contributed by atoms with van der Waals surface area (Å²) < 4.78 is 9.32. The molecule has 6 nitrogen and oxygen atoms in total. The lowest BCUT2D eigenvalue weighted by Crippen LogP contribution is -1.95. The summed E-state index contributed by atoms with van der Waals surface area (Å²) in [7, 11) is 0. The fraction of sp³-hybridized carbons (Fsp3) is 0. The predicted octanol–water partition coefficient (Wildman–Crippen LogP) is 1.80. The van der Waals surface area contributed by atoms with E-state index in [0.29, 0.717) is 21.5 Å². The molecule has 2 aromatic heterocycles. The maximum absolute atomic E-state index is 11.9. The first-order valence-electron chi connectivity index (χ1n) is 7.11. The van der Waals surface area contributed by atoms with Crippen molar-refractivity contribution >= 4 is 43.1 Å². The maximum Gasteiger partial charge on any atom is 0.347 e. The van der Waals surface area contributed by atoms with Crippen molar-refractivity contribution in [2.24, 2.45) is 0 Å². The highest BCUT2D eigenvalue weighted by Gasteiger charge is 2.16. The Morgan fingerprint density at radius 2 is 0.917 bits per heavy atom. The molecule has 2 heterocycles. The van der Waals surface area contributed by atoms with Gasteiger partial charge in [-0.2, -0.15) is 0 Å². The van der Waals surface area contributed by atoms with Crippen molar-refractivity contribution in [1.82, 2.24) is 0 Å². The Kier molecular flexibility index (Phi) is 2.19. The molecule has 0 N–H and O–H groups in total. The first-order chi connectivity index (χ1) is 11.5. The zero-order valence-electron chi connectivity index (χ0n) is 11.9. The summed E-state index contributed by atoms with van der Waals surface area (Å²) in [6.45, 7) is 0. The van der Waals surface area contributed by atoms with Crippen LogP contribution in [0.4, 0.5) is 0 Å². The number of fused-ring (bicyclic) bond motifs is 6. The molecule has 114 valence electrons. The Hall–Kier alpha value is -3.54. The Balaban J connectivity index is 2.11. The van der Waals surface area contributed by atoms with Gasteiger partial charge >= 0.3 is 22.5 Å². The van der Waals surface area contributed by atoms with Crippen molar-refractivity contribution in [2.45, 2.75) is 0 Å². The highest BCUT2D eigenvalue weighted by molar-refractivity contribution is 6.16. The van der Waals surface area contributed by atoms with Gasteiger partial charge in [0.15, 0.2) is 0 Å². The van der Waals surface area contributed by atoms with Gasteiger partial charge in [-0.15, -0.1) is 0 Å². The average Bonchev–Trinajstić information content (AvgIpc) is 3.02. The molecule has 0 aliphatic rings. The molecule has 6 heteroatoms. The molecule has 24 heavy (non-hydrogen) atoms. The van der Waals surface area contributed by atoms with E-state index in [1.54, 1.807) is 24.3 Å². The third-order valence-electron chi connectivity index (χ3n) is 4.38. The third kappa shape index (κ3) is 1.44. The van der Waals surface area contributed by atoms with E-state index in [9.17, 15) is 19.2 Å². The van der Waals surface area contributed by atoms with Gasteiger partial charge in [-0.1, -0.05) is 12.1 Å². The Morgan fingerprint density at radius 3 is 1.33 bits per heavy atom. The molecule has 5 rings (SSSR count). The molecule has 0 aliphatic carbocycles. The van der Waals surface area contributed by atoms with Crippen molar-refractivity contribution in [3.05, 3.63) is 78.1 Å². The second-order valence-electron chi connectivity index (χ2n) is 5.62. The van der Waals surface area contributed by atoms with Crippen LogP contribution in [-0.4, -0.2) is 0 Å². The lowest BCUT2D eigenvalue weighted by molar-refractivity contribution is 0.500. The Morgan fingerprint density at radius 1 is 0.500 bits per heavy atom. The van der Waals surface area contributed by atoms with Gasteiger partial charge in [-0.25, -0.2) is 19.2 Å². The quantitative estimate of drug-likeness (QED) is 0.404. The number of benzene rings is 3. The smallest absolute Gasteiger partial charge is 0.347 e. The van der Waals surface area contributed by atoms with Gasteiger partial charge < -0.3 is 8.83 Å². The molecule has 0 bridgehead atoms. The SMILES string of the molecule is O=c1oc(=O)c2c1ccc1cc3c(ccc4c(=O)oc(=O)c43)cc12. The molecule has 0 amide bonds. The minimum absolute atomic E-state index is 0.221. The van der Waals surface area contributed by atoms with Crippen LogP contribution in [0.25, 0.3) is 43.1 Å². The average molecular weight is 318 g/mol. The fourth-order valence-electron chi connectivity index (χ4n) is 3.31. The van der Waals surface area contributed by atoms with E-state index >= 15 is 0 Å². The van der Waals surface area contributed by atoms with Crippen LogP contribution in [0.15, 0.2) is 64.4 Å². The van der Waals surface area contributed by atoms with E-state index in [2.05, 4.69) is 8.83 Å². The van der Waals surface area contributed by atoms with E-state index in [4.69, 9.17) is 0 Å². The standard InChI is InChI=1S/C18H6O6/c19-15-9-3-1-7-5-12-8(6-11(7)13(9)17(21)23-15)2-4-10-14(12)18(22)24-16(10)20/h1-6H. The van der Waals surface area contributed by atoms with Gasteiger partial charge in [0.25, 0.3) is 0 Å².